The zero-order valence-corrected chi connectivity index (χ0v) is 15.2. The molecule has 0 atom stereocenters. The lowest BCUT2D eigenvalue weighted by Crippen LogP contribution is -2.35. The number of rotatable bonds is 9. The summed E-state index contributed by atoms with van der Waals surface area (Å²) in [6, 6.07) is 7.78. The normalized spacial score (nSPS) is 16.8. The predicted octanol–water partition coefficient (Wildman–Crippen LogP) is 3.80. The summed E-state index contributed by atoms with van der Waals surface area (Å²) in [6.45, 7) is 8.42. The maximum Gasteiger partial charge on any atom is 0.193 e. The summed E-state index contributed by atoms with van der Waals surface area (Å²) in [4.78, 5) is 4.56. The Morgan fingerprint density at radius 1 is 1.29 bits per heavy atom. The van der Waals surface area contributed by atoms with Gasteiger partial charge in [-0.25, -0.2) is 0 Å². The van der Waals surface area contributed by atoms with E-state index in [0.717, 1.165) is 37.6 Å². The van der Waals surface area contributed by atoms with Gasteiger partial charge in [0.15, 0.2) is 5.96 Å². The number of nitrogens with two attached hydrogens (primary N) is 1. The van der Waals surface area contributed by atoms with Crippen LogP contribution in [-0.2, 0) is 4.74 Å². The van der Waals surface area contributed by atoms with Gasteiger partial charge in [-0.3, -0.25) is 4.99 Å². The standard InChI is InChI=1S/C19H31N3O2/c1-4-23-13-12-19(10-5-11-19)14-21-18(20)22-16-6-8-17(9-7-16)24-15(2)3/h6-9,15H,4-5,10-14H2,1-3H3,(H3,20,21,22). The van der Waals surface area contributed by atoms with Crippen molar-refractivity contribution in [1.29, 1.82) is 0 Å². The number of nitrogens with one attached hydrogen (secondary N) is 1. The van der Waals surface area contributed by atoms with Crippen molar-refractivity contribution >= 4 is 11.6 Å². The quantitative estimate of drug-likeness (QED) is 0.410. The molecule has 0 aromatic heterocycles. The second-order valence-electron chi connectivity index (χ2n) is 6.82. The molecule has 0 spiro atoms. The minimum atomic E-state index is 0.172. The summed E-state index contributed by atoms with van der Waals surface area (Å²) in [5.41, 5.74) is 7.25. The number of guanidine groups is 1. The van der Waals surface area contributed by atoms with Crippen LogP contribution in [-0.4, -0.2) is 31.8 Å². The van der Waals surface area contributed by atoms with Gasteiger partial charge in [-0.1, -0.05) is 6.42 Å². The van der Waals surface area contributed by atoms with Crippen molar-refractivity contribution in [2.45, 2.75) is 52.6 Å². The van der Waals surface area contributed by atoms with Crippen molar-refractivity contribution in [2.75, 3.05) is 25.1 Å². The third-order valence-corrected chi connectivity index (χ3v) is 4.48. The summed E-state index contributed by atoms with van der Waals surface area (Å²) in [5.74, 6) is 1.32. The van der Waals surface area contributed by atoms with Crippen LogP contribution in [0.3, 0.4) is 0 Å². The van der Waals surface area contributed by atoms with Crippen molar-refractivity contribution in [1.82, 2.24) is 0 Å². The first kappa shape index (κ1) is 18.6. The van der Waals surface area contributed by atoms with Crippen molar-refractivity contribution in [3.8, 4) is 5.75 Å². The lowest BCUT2D eigenvalue weighted by atomic mass is 9.67. The highest BCUT2D eigenvalue weighted by Gasteiger charge is 2.36. The van der Waals surface area contributed by atoms with E-state index in [1.54, 1.807) is 0 Å². The molecule has 1 saturated carbocycles. The van der Waals surface area contributed by atoms with Gasteiger partial charge in [-0.05, 0) is 69.7 Å². The highest BCUT2D eigenvalue weighted by Crippen LogP contribution is 2.44. The largest absolute Gasteiger partial charge is 0.491 e. The van der Waals surface area contributed by atoms with Crippen LogP contribution < -0.4 is 15.8 Å². The maximum atomic E-state index is 6.04. The van der Waals surface area contributed by atoms with Crippen LogP contribution in [0.2, 0.25) is 0 Å². The minimum Gasteiger partial charge on any atom is -0.491 e. The number of nitrogens with zero attached hydrogens (tertiary/aromatic N) is 1. The van der Waals surface area contributed by atoms with E-state index in [4.69, 9.17) is 15.2 Å². The molecule has 1 fully saturated rings. The number of anilines is 1. The molecule has 24 heavy (non-hydrogen) atoms. The maximum absolute atomic E-state index is 6.04. The SMILES string of the molecule is CCOCCC1(CN=C(N)Nc2ccc(OC(C)C)cc2)CCC1. The lowest BCUT2D eigenvalue weighted by molar-refractivity contribution is 0.0610. The first-order valence-electron chi connectivity index (χ1n) is 8.94. The van der Waals surface area contributed by atoms with E-state index in [9.17, 15) is 0 Å². The second kappa shape index (κ2) is 8.92. The summed E-state index contributed by atoms with van der Waals surface area (Å²) >= 11 is 0. The Hall–Kier alpha value is -1.75. The molecule has 5 heteroatoms. The van der Waals surface area contributed by atoms with E-state index in [-0.39, 0.29) is 11.5 Å². The van der Waals surface area contributed by atoms with Crippen LogP contribution in [0.4, 0.5) is 5.69 Å². The fourth-order valence-electron chi connectivity index (χ4n) is 2.93. The van der Waals surface area contributed by atoms with Gasteiger partial charge in [0, 0.05) is 25.4 Å². The van der Waals surface area contributed by atoms with Crippen molar-refractivity contribution in [3.05, 3.63) is 24.3 Å². The molecule has 0 radical (unpaired) electrons. The predicted molar refractivity (Wildman–Crippen MR) is 99.7 cm³/mol. The van der Waals surface area contributed by atoms with Crippen molar-refractivity contribution in [3.63, 3.8) is 0 Å². The Morgan fingerprint density at radius 3 is 2.54 bits per heavy atom. The van der Waals surface area contributed by atoms with Crippen LogP contribution in [0, 0.1) is 5.41 Å². The Balaban J connectivity index is 1.84. The molecule has 0 aliphatic heterocycles. The zero-order valence-electron chi connectivity index (χ0n) is 15.2. The van der Waals surface area contributed by atoms with E-state index < -0.39 is 0 Å². The molecular weight excluding hydrogens is 302 g/mol. The van der Waals surface area contributed by atoms with E-state index in [0.29, 0.717) is 5.96 Å². The fraction of sp³-hybridized carbons (Fsp3) is 0.632. The first-order valence-corrected chi connectivity index (χ1v) is 8.94. The number of aliphatic imine (C=N–C) groups is 1. The summed E-state index contributed by atoms with van der Waals surface area (Å²) in [5, 5.41) is 3.15. The van der Waals surface area contributed by atoms with Gasteiger partial charge >= 0.3 is 0 Å². The summed E-state index contributed by atoms with van der Waals surface area (Å²) < 4.78 is 11.1. The highest BCUT2D eigenvalue weighted by molar-refractivity contribution is 5.92. The van der Waals surface area contributed by atoms with Crippen LogP contribution in [0.15, 0.2) is 29.3 Å². The molecule has 134 valence electrons. The second-order valence-corrected chi connectivity index (χ2v) is 6.82. The molecule has 0 saturated heterocycles. The fourth-order valence-corrected chi connectivity index (χ4v) is 2.93. The molecule has 1 aliphatic rings. The molecule has 3 N–H and O–H groups in total. The van der Waals surface area contributed by atoms with E-state index in [1.807, 2.05) is 45.0 Å². The Labute approximate surface area is 145 Å². The van der Waals surface area contributed by atoms with E-state index in [2.05, 4.69) is 10.3 Å². The molecule has 0 heterocycles. The molecule has 1 aromatic rings. The van der Waals surface area contributed by atoms with E-state index in [1.165, 1.54) is 19.3 Å². The van der Waals surface area contributed by atoms with Crippen molar-refractivity contribution < 1.29 is 9.47 Å². The van der Waals surface area contributed by atoms with Crippen LogP contribution in [0.25, 0.3) is 0 Å². The van der Waals surface area contributed by atoms with Crippen LogP contribution in [0.1, 0.15) is 46.5 Å². The molecule has 5 nitrogen and oxygen atoms in total. The van der Waals surface area contributed by atoms with Gasteiger partial charge in [-0.15, -0.1) is 0 Å². The van der Waals surface area contributed by atoms with Crippen LogP contribution >= 0.6 is 0 Å². The van der Waals surface area contributed by atoms with Crippen molar-refractivity contribution in [2.24, 2.45) is 16.1 Å². The molecule has 1 aliphatic carbocycles. The Bertz CT molecular complexity index is 522. The monoisotopic (exact) mass is 333 g/mol. The molecule has 1 aromatic carbocycles. The average Bonchev–Trinajstić information content (AvgIpc) is 2.50. The topological polar surface area (TPSA) is 68.9 Å². The first-order chi connectivity index (χ1) is 11.5. The van der Waals surface area contributed by atoms with E-state index >= 15 is 0 Å². The minimum absolute atomic E-state index is 0.172. The van der Waals surface area contributed by atoms with Gasteiger partial charge in [0.2, 0.25) is 0 Å². The number of benzene rings is 1. The zero-order chi connectivity index (χ0) is 17.4. The lowest BCUT2D eigenvalue weighted by Gasteiger charge is -2.40. The van der Waals surface area contributed by atoms with Gasteiger partial charge in [-0.2, -0.15) is 0 Å². The number of ether oxygens (including phenoxy) is 2. The van der Waals surface area contributed by atoms with Crippen LogP contribution in [0.5, 0.6) is 5.75 Å². The van der Waals surface area contributed by atoms with Gasteiger partial charge in [0.25, 0.3) is 0 Å². The highest BCUT2D eigenvalue weighted by atomic mass is 16.5. The third kappa shape index (κ3) is 5.71. The molecule has 0 unspecified atom stereocenters. The molecule has 0 amide bonds. The Morgan fingerprint density at radius 2 is 2.00 bits per heavy atom. The Kier molecular flexibility index (Phi) is 6.91. The van der Waals surface area contributed by atoms with Gasteiger partial charge in [0.1, 0.15) is 5.75 Å². The van der Waals surface area contributed by atoms with Gasteiger partial charge in [0.05, 0.1) is 6.10 Å². The molecule has 2 rings (SSSR count). The molecule has 0 bridgehead atoms. The summed E-state index contributed by atoms with van der Waals surface area (Å²) in [7, 11) is 0. The smallest absolute Gasteiger partial charge is 0.193 e. The number of hydrogen-bond acceptors (Lipinski definition) is 3. The summed E-state index contributed by atoms with van der Waals surface area (Å²) in [6.07, 6.45) is 4.97. The number of hydrogen-bond donors (Lipinski definition) is 2. The average molecular weight is 333 g/mol. The molecular formula is C19H31N3O2. The van der Waals surface area contributed by atoms with Gasteiger partial charge < -0.3 is 20.5 Å². The third-order valence-electron chi connectivity index (χ3n) is 4.48.